The Kier molecular flexibility index (Phi) is 4.49. The fraction of sp³-hybridized carbons (Fsp3) is 0.750. The zero-order valence-corrected chi connectivity index (χ0v) is 13.4. The van der Waals surface area contributed by atoms with Gasteiger partial charge in [0.25, 0.3) is 5.91 Å². The summed E-state index contributed by atoms with van der Waals surface area (Å²) in [6.07, 6.45) is 3.58. The standard InChI is InChI=1S/C16H25N3O3/c1-3-12-15(11(2)22-17-12)16(21)19-9-7-18(8-10-19)13-5-4-6-14(13)20/h13-14,20H,3-10H2,1-2H3. The van der Waals surface area contributed by atoms with E-state index in [1.54, 1.807) is 6.92 Å². The van der Waals surface area contributed by atoms with E-state index >= 15 is 0 Å². The number of aliphatic hydroxyl groups excluding tert-OH is 1. The van der Waals surface area contributed by atoms with Crippen molar-refractivity contribution in [3.05, 3.63) is 17.0 Å². The van der Waals surface area contributed by atoms with Gasteiger partial charge in [0, 0.05) is 32.2 Å². The third-order valence-electron chi connectivity index (χ3n) is 5.00. The lowest BCUT2D eigenvalue weighted by molar-refractivity contribution is 0.0314. The first-order chi connectivity index (χ1) is 10.6. The first-order valence-electron chi connectivity index (χ1n) is 8.28. The van der Waals surface area contributed by atoms with Crippen LogP contribution >= 0.6 is 0 Å². The zero-order chi connectivity index (χ0) is 15.7. The SMILES string of the molecule is CCc1noc(C)c1C(=O)N1CCN(C2CCCC2O)CC1. The number of aliphatic hydroxyl groups is 1. The fourth-order valence-corrected chi connectivity index (χ4v) is 3.69. The lowest BCUT2D eigenvalue weighted by atomic mass is 10.1. The molecule has 1 N–H and O–H groups in total. The second kappa shape index (κ2) is 6.38. The summed E-state index contributed by atoms with van der Waals surface area (Å²) >= 11 is 0. The van der Waals surface area contributed by atoms with Gasteiger partial charge in [-0.15, -0.1) is 0 Å². The smallest absolute Gasteiger partial charge is 0.259 e. The molecule has 2 heterocycles. The maximum absolute atomic E-state index is 12.7. The minimum atomic E-state index is -0.200. The first-order valence-corrected chi connectivity index (χ1v) is 8.28. The minimum absolute atomic E-state index is 0.0298. The number of nitrogens with zero attached hydrogens (tertiary/aromatic N) is 3. The normalized spacial score (nSPS) is 26.6. The van der Waals surface area contributed by atoms with Crippen molar-refractivity contribution in [2.75, 3.05) is 26.2 Å². The molecule has 122 valence electrons. The summed E-state index contributed by atoms with van der Waals surface area (Å²) < 4.78 is 5.17. The molecule has 3 rings (SSSR count). The molecular formula is C16H25N3O3. The van der Waals surface area contributed by atoms with E-state index in [1.165, 1.54) is 0 Å². The van der Waals surface area contributed by atoms with Gasteiger partial charge >= 0.3 is 0 Å². The summed E-state index contributed by atoms with van der Waals surface area (Å²) in [5.74, 6) is 0.637. The number of carbonyl (C=O) groups excluding carboxylic acids is 1. The molecule has 0 bridgehead atoms. The monoisotopic (exact) mass is 307 g/mol. The van der Waals surface area contributed by atoms with Gasteiger partial charge in [-0.1, -0.05) is 12.1 Å². The van der Waals surface area contributed by atoms with Crippen molar-refractivity contribution in [3.63, 3.8) is 0 Å². The summed E-state index contributed by atoms with van der Waals surface area (Å²) in [5, 5.41) is 14.0. The Balaban J connectivity index is 1.63. The van der Waals surface area contributed by atoms with Gasteiger partial charge in [0.15, 0.2) is 0 Å². The van der Waals surface area contributed by atoms with Crippen LogP contribution < -0.4 is 0 Å². The van der Waals surface area contributed by atoms with Gasteiger partial charge in [0.1, 0.15) is 11.3 Å². The zero-order valence-electron chi connectivity index (χ0n) is 13.4. The number of hydrogen-bond acceptors (Lipinski definition) is 5. The van der Waals surface area contributed by atoms with Crippen LogP contribution in [-0.2, 0) is 6.42 Å². The van der Waals surface area contributed by atoms with Crippen molar-refractivity contribution in [2.45, 2.75) is 51.7 Å². The Morgan fingerprint density at radius 2 is 2.05 bits per heavy atom. The average Bonchev–Trinajstić information content (AvgIpc) is 3.12. The summed E-state index contributed by atoms with van der Waals surface area (Å²) in [7, 11) is 0. The molecule has 2 atom stereocenters. The number of amides is 1. The van der Waals surface area contributed by atoms with Crippen molar-refractivity contribution in [1.29, 1.82) is 0 Å². The molecule has 1 saturated carbocycles. The first kappa shape index (κ1) is 15.5. The fourth-order valence-electron chi connectivity index (χ4n) is 3.69. The highest BCUT2D eigenvalue weighted by atomic mass is 16.5. The van der Waals surface area contributed by atoms with E-state index in [-0.39, 0.29) is 18.1 Å². The molecule has 1 aromatic heterocycles. The van der Waals surface area contributed by atoms with E-state index in [1.807, 2.05) is 11.8 Å². The highest BCUT2D eigenvalue weighted by Crippen LogP contribution is 2.25. The maximum atomic E-state index is 12.7. The molecule has 1 aliphatic heterocycles. The van der Waals surface area contributed by atoms with Crippen molar-refractivity contribution < 1.29 is 14.4 Å². The van der Waals surface area contributed by atoms with Crippen molar-refractivity contribution in [1.82, 2.24) is 15.0 Å². The van der Waals surface area contributed by atoms with Gasteiger partial charge < -0.3 is 14.5 Å². The number of aryl methyl sites for hydroxylation is 2. The minimum Gasteiger partial charge on any atom is -0.391 e. The van der Waals surface area contributed by atoms with Gasteiger partial charge in [0.2, 0.25) is 0 Å². The van der Waals surface area contributed by atoms with Crippen LogP contribution in [0, 0.1) is 6.92 Å². The van der Waals surface area contributed by atoms with Gasteiger partial charge in [-0.05, 0) is 32.6 Å². The van der Waals surface area contributed by atoms with Crippen LogP contribution in [0.4, 0.5) is 0 Å². The lowest BCUT2D eigenvalue weighted by Crippen LogP contribution is -2.53. The molecule has 2 aliphatic rings. The molecule has 0 spiro atoms. The van der Waals surface area contributed by atoms with Crippen LogP contribution in [0.2, 0.25) is 0 Å². The van der Waals surface area contributed by atoms with Crippen LogP contribution in [-0.4, -0.2) is 64.3 Å². The van der Waals surface area contributed by atoms with E-state index in [2.05, 4.69) is 10.1 Å². The van der Waals surface area contributed by atoms with E-state index < -0.39 is 0 Å². The van der Waals surface area contributed by atoms with Gasteiger partial charge in [-0.2, -0.15) is 0 Å². The highest BCUT2D eigenvalue weighted by molar-refractivity contribution is 5.96. The molecule has 2 fully saturated rings. The predicted molar refractivity (Wildman–Crippen MR) is 81.7 cm³/mol. The molecule has 6 nitrogen and oxygen atoms in total. The molecule has 2 unspecified atom stereocenters. The highest BCUT2D eigenvalue weighted by Gasteiger charge is 2.34. The Labute approximate surface area is 131 Å². The largest absolute Gasteiger partial charge is 0.391 e. The predicted octanol–water partition coefficient (Wildman–Crippen LogP) is 1.22. The Bertz CT molecular complexity index is 535. The topological polar surface area (TPSA) is 69.8 Å². The summed E-state index contributed by atoms with van der Waals surface area (Å²) in [6.45, 7) is 6.85. The molecule has 0 aromatic carbocycles. The molecule has 0 radical (unpaired) electrons. The number of hydrogen-bond donors (Lipinski definition) is 1. The van der Waals surface area contributed by atoms with Crippen LogP contribution in [0.15, 0.2) is 4.52 Å². The van der Waals surface area contributed by atoms with E-state index in [9.17, 15) is 9.90 Å². The van der Waals surface area contributed by atoms with Crippen molar-refractivity contribution >= 4 is 5.91 Å². The Hall–Kier alpha value is -1.40. The van der Waals surface area contributed by atoms with Gasteiger partial charge in [0.05, 0.1) is 11.8 Å². The quantitative estimate of drug-likeness (QED) is 0.909. The van der Waals surface area contributed by atoms with Gasteiger partial charge in [-0.3, -0.25) is 9.69 Å². The second-order valence-electron chi connectivity index (χ2n) is 6.31. The van der Waals surface area contributed by atoms with E-state index in [0.29, 0.717) is 30.8 Å². The van der Waals surface area contributed by atoms with Crippen LogP contribution in [0.1, 0.15) is 48.0 Å². The summed E-state index contributed by atoms with van der Waals surface area (Å²) in [5.41, 5.74) is 1.38. The molecule has 1 saturated heterocycles. The number of piperazine rings is 1. The van der Waals surface area contributed by atoms with Crippen molar-refractivity contribution in [2.24, 2.45) is 0 Å². The lowest BCUT2D eigenvalue weighted by Gasteiger charge is -2.39. The van der Waals surface area contributed by atoms with E-state index in [4.69, 9.17) is 4.52 Å². The molecule has 22 heavy (non-hydrogen) atoms. The van der Waals surface area contributed by atoms with Gasteiger partial charge in [-0.25, -0.2) is 0 Å². The third kappa shape index (κ3) is 2.77. The van der Waals surface area contributed by atoms with Crippen LogP contribution in [0.5, 0.6) is 0 Å². The maximum Gasteiger partial charge on any atom is 0.259 e. The number of aromatic nitrogens is 1. The van der Waals surface area contributed by atoms with Crippen LogP contribution in [0.25, 0.3) is 0 Å². The Morgan fingerprint density at radius 3 is 2.64 bits per heavy atom. The average molecular weight is 307 g/mol. The molecule has 1 aliphatic carbocycles. The molecule has 6 heteroatoms. The Morgan fingerprint density at radius 1 is 1.32 bits per heavy atom. The molecular weight excluding hydrogens is 282 g/mol. The summed E-state index contributed by atoms with van der Waals surface area (Å²) in [6, 6.07) is 0.279. The number of rotatable bonds is 3. The van der Waals surface area contributed by atoms with E-state index in [0.717, 1.165) is 38.0 Å². The number of carbonyl (C=O) groups is 1. The van der Waals surface area contributed by atoms with Crippen molar-refractivity contribution in [3.8, 4) is 0 Å². The molecule has 1 amide bonds. The second-order valence-corrected chi connectivity index (χ2v) is 6.31. The summed E-state index contributed by atoms with van der Waals surface area (Å²) in [4.78, 5) is 16.9. The van der Waals surface area contributed by atoms with Crippen LogP contribution in [0.3, 0.4) is 0 Å². The molecule has 1 aromatic rings. The third-order valence-corrected chi connectivity index (χ3v) is 5.00.